The Hall–Kier alpha value is -2.00. The lowest BCUT2D eigenvalue weighted by atomic mass is 10.2. The molecule has 3 nitrogen and oxygen atoms in total. The van der Waals surface area contributed by atoms with E-state index in [9.17, 15) is 0 Å². The smallest absolute Gasteiger partial charge is 0.128 e. The molecule has 0 spiro atoms. The molecule has 0 saturated carbocycles. The van der Waals surface area contributed by atoms with Crippen LogP contribution in [0, 0.1) is 5.41 Å². The lowest BCUT2D eigenvalue weighted by Crippen LogP contribution is -1.93. The summed E-state index contributed by atoms with van der Waals surface area (Å²) in [4.78, 5) is 0. The van der Waals surface area contributed by atoms with Crippen molar-refractivity contribution >= 4 is 23.5 Å². The molecule has 0 bridgehead atoms. The molecule has 2 rings (SSSR count). The van der Waals surface area contributed by atoms with Crippen LogP contribution in [-0.2, 0) is 0 Å². The first-order valence-corrected chi connectivity index (χ1v) is 5.40. The van der Waals surface area contributed by atoms with E-state index in [-0.39, 0.29) is 0 Å². The predicted molar refractivity (Wildman–Crippen MR) is 70.3 cm³/mol. The highest BCUT2D eigenvalue weighted by Gasteiger charge is 2.01. The molecule has 0 radical (unpaired) electrons. The predicted octanol–water partition coefficient (Wildman–Crippen LogP) is 3.71. The molecule has 3 N–H and O–H groups in total. The number of hydrogen-bond acceptors (Lipinski definition) is 3. The number of ether oxygens (including phenoxy) is 1. The summed E-state index contributed by atoms with van der Waals surface area (Å²) in [5.74, 6) is 1.28. The summed E-state index contributed by atoms with van der Waals surface area (Å²) < 4.78 is 5.61. The van der Waals surface area contributed by atoms with Crippen molar-refractivity contribution in [3.63, 3.8) is 0 Å². The molecule has 17 heavy (non-hydrogen) atoms. The zero-order valence-corrected chi connectivity index (χ0v) is 9.74. The molecule has 0 atom stereocenters. The Labute approximate surface area is 104 Å². The van der Waals surface area contributed by atoms with E-state index in [1.807, 2.05) is 12.1 Å². The number of hydrogen-bond donors (Lipinski definition) is 2. The number of rotatable bonds is 3. The third kappa shape index (κ3) is 2.77. The highest BCUT2D eigenvalue weighted by molar-refractivity contribution is 6.30. The maximum atomic E-state index is 7.21. The Morgan fingerprint density at radius 1 is 1.12 bits per heavy atom. The number of benzene rings is 2. The van der Waals surface area contributed by atoms with E-state index >= 15 is 0 Å². The van der Waals surface area contributed by atoms with Crippen LogP contribution in [0.1, 0.15) is 5.56 Å². The van der Waals surface area contributed by atoms with Gasteiger partial charge < -0.3 is 15.9 Å². The topological polar surface area (TPSA) is 59.1 Å². The van der Waals surface area contributed by atoms with E-state index in [4.69, 9.17) is 27.5 Å². The van der Waals surface area contributed by atoms with Gasteiger partial charge in [-0.1, -0.05) is 17.7 Å². The number of nitrogens with two attached hydrogens (primary N) is 1. The van der Waals surface area contributed by atoms with Crippen LogP contribution in [0.15, 0.2) is 42.5 Å². The van der Waals surface area contributed by atoms with Gasteiger partial charge in [-0.25, -0.2) is 0 Å². The number of nitrogen functional groups attached to an aromatic ring is 1. The molecule has 0 unspecified atom stereocenters. The lowest BCUT2D eigenvalue weighted by molar-refractivity contribution is 0.483. The van der Waals surface area contributed by atoms with Crippen molar-refractivity contribution < 1.29 is 4.74 Å². The fourth-order valence-corrected chi connectivity index (χ4v) is 1.59. The normalized spacial score (nSPS) is 9.94. The summed E-state index contributed by atoms with van der Waals surface area (Å²) in [7, 11) is 0. The van der Waals surface area contributed by atoms with Crippen LogP contribution in [0.3, 0.4) is 0 Å². The highest BCUT2D eigenvalue weighted by Crippen LogP contribution is 2.26. The van der Waals surface area contributed by atoms with Gasteiger partial charge in [-0.05, 0) is 36.4 Å². The van der Waals surface area contributed by atoms with Crippen molar-refractivity contribution in [2.75, 3.05) is 5.73 Å². The Balaban J connectivity index is 2.27. The first-order valence-electron chi connectivity index (χ1n) is 5.02. The fraction of sp³-hybridized carbons (Fsp3) is 0. The molecule has 0 fully saturated rings. The summed E-state index contributed by atoms with van der Waals surface area (Å²) in [6.45, 7) is 0. The Morgan fingerprint density at radius 3 is 2.59 bits per heavy atom. The minimum atomic E-state index is 0.554. The van der Waals surface area contributed by atoms with Gasteiger partial charge in [-0.2, -0.15) is 0 Å². The quantitative estimate of drug-likeness (QED) is 0.641. The van der Waals surface area contributed by atoms with Gasteiger partial charge >= 0.3 is 0 Å². The van der Waals surface area contributed by atoms with E-state index in [0.29, 0.717) is 27.8 Å². The van der Waals surface area contributed by atoms with E-state index in [1.165, 1.54) is 6.21 Å². The maximum absolute atomic E-state index is 7.21. The molecule has 4 heteroatoms. The number of nitrogens with one attached hydrogen (secondary N) is 1. The highest BCUT2D eigenvalue weighted by atomic mass is 35.5. The monoisotopic (exact) mass is 246 g/mol. The SMILES string of the molecule is N=Cc1cc(Oc2cccc(Cl)c2)ccc1N. The number of halogens is 1. The molecular formula is C13H11ClN2O. The van der Waals surface area contributed by atoms with Crippen LogP contribution in [0.4, 0.5) is 5.69 Å². The minimum Gasteiger partial charge on any atom is -0.457 e. The average molecular weight is 247 g/mol. The zero-order chi connectivity index (χ0) is 12.3. The van der Waals surface area contributed by atoms with Gasteiger partial charge in [0, 0.05) is 22.5 Å². The Morgan fingerprint density at radius 2 is 1.88 bits per heavy atom. The van der Waals surface area contributed by atoms with Gasteiger partial charge in [0.1, 0.15) is 11.5 Å². The van der Waals surface area contributed by atoms with Gasteiger partial charge in [0.2, 0.25) is 0 Å². The third-order valence-corrected chi connectivity index (χ3v) is 2.48. The molecule has 86 valence electrons. The first-order chi connectivity index (χ1) is 8.19. The van der Waals surface area contributed by atoms with Crippen LogP contribution in [0.2, 0.25) is 5.02 Å². The molecule has 0 heterocycles. The maximum Gasteiger partial charge on any atom is 0.128 e. The molecule has 0 aromatic heterocycles. The molecule has 2 aromatic rings. The zero-order valence-electron chi connectivity index (χ0n) is 8.98. The van der Waals surface area contributed by atoms with Gasteiger partial charge in [-0.15, -0.1) is 0 Å². The van der Waals surface area contributed by atoms with Crippen molar-refractivity contribution in [1.29, 1.82) is 5.41 Å². The summed E-state index contributed by atoms with van der Waals surface area (Å²) in [6, 6.07) is 12.3. The average Bonchev–Trinajstić information content (AvgIpc) is 2.32. The first kappa shape index (κ1) is 11.5. The van der Waals surface area contributed by atoms with Crippen LogP contribution in [-0.4, -0.2) is 6.21 Å². The molecule has 0 aliphatic rings. The third-order valence-electron chi connectivity index (χ3n) is 2.25. The number of anilines is 1. The minimum absolute atomic E-state index is 0.554. The molecular weight excluding hydrogens is 236 g/mol. The molecule has 0 saturated heterocycles. The summed E-state index contributed by atoms with van der Waals surface area (Å²) >= 11 is 5.86. The molecule has 0 aliphatic heterocycles. The van der Waals surface area contributed by atoms with Gasteiger partial charge in [0.05, 0.1) is 0 Å². The molecule has 0 amide bonds. The summed E-state index contributed by atoms with van der Waals surface area (Å²) in [6.07, 6.45) is 1.19. The second-order valence-electron chi connectivity index (χ2n) is 3.49. The van der Waals surface area contributed by atoms with Crippen LogP contribution in [0.5, 0.6) is 11.5 Å². The van der Waals surface area contributed by atoms with E-state index in [2.05, 4.69) is 0 Å². The van der Waals surface area contributed by atoms with E-state index < -0.39 is 0 Å². The summed E-state index contributed by atoms with van der Waals surface area (Å²) in [5.41, 5.74) is 6.87. The van der Waals surface area contributed by atoms with E-state index in [1.54, 1.807) is 30.3 Å². The van der Waals surface area contributed by atoms with Crippen molar-refractivity contribution in [1.82, 2.24) is 0 Å². The van der Waals surface area contributed by atoms with Crippen molar-refractivity contribution in [2.45, 2.75) is 0 Å². The van der Waals surface area contributed by atoms with Crippen molar-refractivity contribution in [2.24, 2.45) is 0 Å². The van der Waals surface area contributed by atoms with Gasteiger partial charge in [0.15, 0.2) is 0 Å². The van der Waals surface area contributed by atoms with Crippen LogP contribution >= 0.6 is 11.6 Å². The lowest BCUT2D eigenvalue weighted by Gasteiger charge is -2.07. The summed E-state index contributed by atoms with van der Waals surface area (Å²) in [5, 5.41) is 7.83. The van der Waals surface area contributed by atoms with E-state index in [0.717, 1.165) is 0 Å². The fourth-order valence-electron chi connectivity index (χ4n) is 1.41. The Bertz CT molecular complexity index is 555. The van der Waals surface area contributed by atoms with Crippen molar-refractivity contribution in [3.8, 4) is 11.5 Å². The second kappa shape index (κ2) is 4.89. The standard InChI is InChI=1S/C13H11ClN2O/c14-10-2-1-3-11(7-10)17-12-4-5-13(16)9(6-12)8-15/h1-8,15H,16H2. The van der Waals surface area contributed by atoms with Gasteiger partial charge in [0.25, 0.3) is 0 Å². The molecule has 2 aromatic carbocycles. The molecule has 0 aliphatic carbocycles. The second-order valence-corrected chi connectivity index (χ2v) is 3.93. The largest absolute Gasteiger partial charge is 0.457 e. The van der Waals surface area contributed by atoms with Gasteiger partial charge in [-0.3, -0.25) is 0 Å². The van der Waals surface area contributed by atoms with Crippen LogP contribution < -0.4 is 10.5 Å². The van der Waals surface area contributed by atoms with Crippen LogP contribution in [0.25, 0.3) is 0 Å². The Kier molecular flexibility index (Phi) is 3.30. The van der Waals surface area contributed by atoms with Crippen molar-refractivity contribution in [3.05, 3.63) is 53.1 Å².